The number of amides is 1. The molecule has 66 heavy (non-hydrogen) atoms. The van der Waals surface area contributed by atoms with Crippen LogP contribution in [0.1, 0.15) is 78.5 Å². The lowest BCUT2D eigenvalue weighted by Gasteiger charge is -2.43. The zero-order valence-corrected chi connectivity index (χ0v) is 38.6. The summed E-state index contributed by atoms with van der Waals surface area (Å²) in [6, 6.07) is 26.7. The first-order valence-electron chi connectivity index (χ1n) is 22.5. The van der Waals surface area contributed by atoms with Gasteiger partial charge in [-0.15, -0.1) is 0 Å². The number of alkyl carbamates (subject to hydrolysis) is 1. The van der Waals surface area contributed by atoms with Crippen molar-refractivity contribution in [2.75, 3.05) is 32.8 Å². The Balaban J connectivity index is 0.886. The zero-order chi connectivity index (χ0) is 45.8. The van der Waals surface area contributed by atoms with E-state index >= 15 is 0 Å². The number of carbonyl (C=O) groups excluding carboxylic acids is 2. The molecule has 1 saturated carbocycles. The third-order valence-electron chi connectivity index (χ3n) is 13.0. The van der Waals surface area contributed by atoms with Crippen molar-refractivity contribution < 1.29 is 42.1 Å². The number of hydrogen-bond donors (Lipinski definition) is 2. The maximum Gasteiger partial charge on any atom is 0.408 e. The average molecular weight is 956 g/mol. The molecular formula is C50H52Cl2N4O9S. The highest BCUT2D eigenvalue weighted by atomic mass is 35.5. The summed E-state index contributed by atoms with van der Waals surface area (Å²) >= 11 is 13.0. The quantitative estimate of drug-likeness (QED) is 0.0858. The van der Waals surface area contributed by atoms with Gasteiger partial charge in [0.15, 0.2) is 11.5 Å². The first-order valence-corrected chi connectivity index (χ1v) is 24.7. The Morgan fingerprint density at radius 2 is 1.58 bits per heavy atom. The molecular weight excluding hydrogens is 904 g/mol. The zero-order valence-electron chi connectivity index (χ0n) is 36.3. The van der Waals surface area contributed by atoms with Gasteiger partial charge in [0.1, 0.15) is 30.6 Å². The van der Waals surface area contributed by atoms with Gasteiger partial charge in [-0.2, -0.15) is 4.31 Å². The maximum atomic E-state index is 14.4. The molecule has 5 aliphatic rings. The summed E-state index contributed by atoms with van der Waals surface area (Å²) in [6.07, 6.45) is 6.25. The summed E-state index contributed by atoms with van der Waals surface area (Å²) in [7, 11) is -4.19. The monoisotopic (exact) mass is 954 g/mol. The van der Waals surface area contributed by atoms with Crippen LogP contribution in [0.2, 0.25) is 10.0 Å². The molecule has 16 heteroatoms. The van der Waals surface area contributed by atoms with Crippen molar-refractivity contribution in [3.05, 3.63) is 147 Å². The average Bonchev–Trinajstić information content (AvgIpc) is 4.02. The third kappa shape index (κ3) is 10.7. The topological polar surface area (TPSA) is 157 Å². The van der Waals surface area contributed by atoms with Crippen LogP contribution in [0, 0.1) is 11.8 Å². The van der Waals surface area contributed by atoms with Crippen LogP contribution < -0.4 is 14.8 Å². The maximum absolute atomic E-state index is 14.4. The highest BCUT2D eigenvalue weighted by Gasteiger charge is 2.42. The van der Waals surface area contributed by atoms with E-state index in [0.717, 1.165) is 56.4 Å². The molecule has 5 heterocycles. The number of nitrogens with one attached hydrogen (secondary N) is 1. The molecule has 1 aromatic heterocycles. The Labute approximate surface area is 395 Å². The van der Waals surface area contributed by atoms with E-state index < -0.39 is 40.3 Å². The van der Waals surface area contributed by atoms with Gasteiger partial charge >= 0.3 is 12.1 Å². The Bertz CT molecular complexity index is 2630. The lowest BCUT2D eigenvalue weighted by Crippen LogP contribution is -2.52. The van der Waals surface area contributed by atoms with E-state index in [1.165, 1.54) is 28.8 Å². The smallest absolute Gasteiger partial charge is 0.408 e. The molecule has 2 N–H and O–H groups in total. The van der Waals surface area contributed by atoms with Gasteiger partial charge in [0, 0.05) is 31.9 Å². The van der Waals surface area contributed by atoms with Gasteiger partial charge in [-0.05, 0) is 128 Å². The summed E-state index contributed by atoms with van der Waals surface area (Å²) < 4.78 is 54.3. The number of aromatic hydroxyl groups is 1. The van der Waals surface area contributed by atoms with Crippen molar-refractivity contribution in [3.63, 3.8) is 0 Å². The van der Waals surface area contributed by atoms with Gasteiger partial charge in [-0.25, -0.2) is 13.2 Å². The van der Waals surface area contributed by atoms with Gasteiger partial charge in [0.05, 0.1) is 27.6 Å². The SMILES string of the molecule is O=C(N[C@@H](c1ccccc1)c1cccc(OCc2cccc(S(=O)(=O)N3CCC[C@H]3C(=O)O[C@@H](Cc3c(Cl)cncc3Cl)c3ccc(O)c(OCC4CC4)c3)c2)c1)O[C@H]1CN2CCC1CC2. The van der Waals surface area contributed by atoms with Crippen molar-refractivity contribution in [3.8, 4) is 17.2 Å². The molecule has 0 radical (unpaired) electrons. The molecule has 13 nitrogen and oxygen atoms in total. The molecule has 4 aliphatic heterocycles. The molecule has 4 aromatic carbocycles. The van der Waals surface area contributed by atoms with Crippen molar-refractivity contribution in [2.45, 2.75) is 80.7 Å². The fourth-order valence-corrected chi connectivity index (χ4v) is 11.3. The number of hydrogen-bond acceptors (Lipinski definition) is 11. The van der Waals surface area contributed by atoms with Crippen LogP contribution in [0.5, 0.6) is 17.2 Å². The number of piperidine rings is 3. The minimum atomic E-state index is -4.19. The van der Waals surface area contributed by atoms with Gasteiger partial charge in [-0.1, -0.05) is 83.9 Å². The first kappa shape index (κ1) is 45.8. The molecule has 5 aromatic rings. The molecule has 2 bridgehead atoms. The molecule has 0 spiro atoms. The third-order valence-corrected chi connectivity index (χ3v) is 15.5. The molecule has 10 rings (SSSR count). The number of ether oxygens (including phenoxy) is 4. The minimum absolute atomic E-state index is 0.00905. The summed E-state index contributed by atoms with van der Waals surface area (Å²) in [5.74, 6) is 0.790. The van der Waals surface area contributed by atoms with Crippen LogP contribution in [-0.4, -0.2) is 84.7 Å². The Kier molecular flexibility index (Phi) is 14.0. The number of esters is 1. The van der Waals surface area contributed by atoms with Crippen LogP contribution in [0.3, 0.4) is 0 Å². The molecule has 5 fully saturated rings. The summed E-state index contributed by atoms with van der Waals surface area (Å²) in [6.45, 7) is 3.46. The summed E-state index contributed by atoms with van der Waals surface area (Å²) in [4.78, 5) is 34.0. The molecule has 4 atom stereocenters. The van der Waals surface area contributed by atoms with Crippen molar-refractivity contribution in [1.82, 2.24) is 19.5 Å². The normalized spacial score (nSPS) is 21.4. The number of phenols is 1. The molecule has 1 aliphatic carbocycles. The largest absolute Gasteiger partial charge is 0.504 e. The second-order valence-electron chi connectivity index (χ2n) is 17.5. The molecule has 1 amide bonds. The minimum Gasteiger partial charge on any atom is -0.504 e. The number of phenolic OH excluding ortho intramolecular Hbond substituents is 1. The summed E-state index contributed by atoms with van der Waals surface area (Å²) in [5.41, 5.74) is 3.26. The van der Waals surface area contributed by atoms with Gasteiger partial charge in [0.25, 0.3) is 0 Å². The standard InChI is InChI=1S/C50H52Cl2N4O9S/c51-41-27-53-28-42(52)40(41)26-45(36-16-17-44(57)46(25-36)63-30-32-14-15-32)64-49(58)43-13-6-20-56(43)66(60,61)39-12-4-7-33(23-39)31-62-38-11-5-10-37(24-38)48(35-8-2-1-3-9-35)54-50(59)65-47-29-55-21-18-34(47)19-22-55/h1-5,7-12,16-17,23-25,27-28,32,34,43,45,47-48,57H,6,13-15,18-22,26,29-31H2,(H,54,59)/t43-,45-,47-,48-/m0/s1. The van der Waals surface area contributed by atoms with Crippen molar-refractivity contribution in [1.29, 1.82) is 0 Å². The fraction of sp³-hybridized carbons (Fsp3) is 0.380. The Morgan fingerprint density at radius 3 is 2.32 bits per heavy atom. The Hall–Kier alpha value is -5.38. The molecule has 0 unspecified atom stereocenters. The number of sulfonamides is 1. The molecule has 4 saturated heterocycles. The number of aromatic nitrogens is 1. The van der Waals surface area contributed by atoms with Crippen LogP contribution in [0.15, 0.2) is 114 Å². The highest BCUT2D eigenvalue weighted by molar-refractivity contribution is 7.89. The second-order valence-corrected chi connectivity index (χ2v) is 20.3. The van der Waals surface area contributed by atoms with Crippen molar-refractivity contribution in [2.24, 2.45) is 11.8 Å². The number of carbonyl (C=O) groups is 2. The number of rotatable bonds is 17. The number of nitrogens with zero attached hydrogens (tertiary/aromatic N) is 3. The van der Waals surface area contributed by atoms with Crippen LogP contribution in [0.25, 0.3) is 0 Å². The van der Waals surface area contributed by atoms with E-state index in [1.807, 2.05) is 54.6 Å². The van der Waals surface area contributed by atoms with E-state index in [4.69, 9.17) is 42.1 Å². The lowest BCUT2D eigenvalue weighted by molar-refractivity contribution is -0.153. The predicted octanol–water partition coefficient (Wildman–Crippen LogP) is 9.05. The number of pyridine rings is 1. The second kappa shape index (κ2) is 20.2. The summed E-state index contributed by atoms with van der Waals surface area (Å²) in [5, 5.41) is 14.3. The Morgan fingerprint density at radius 1 is 0.818 bits per heavy atom. The van der Waals surface area contributed by atoms with Crippen LogP contribution in [-0.2, 0) is 37.3 Å². The first-order chi connectivity index (χ1) is 32.0. The lowest BCUT2D eigenvalue weighted by atomic mass is 9.86. The number of benzene rings is 4. The fourth-order valence-electron chi connectivity index (χ4n) is 9.09. The van der Waals surface area contributed by atoms with Crippen molar-refractivity contribution >= 4 is 45.3 Å². The van der Waals surface area contributed by atoms with E-state index in [9.17, 15) is 23.1 Å². The highest BCUT2D eigenvalue weighted by Crippen LogP contribution is 2.38. The van der Waals surface area contributed by atoms with Crippen LogP contribution >= 0.6 is 23.2 Å². The van der Waals surface area contributed by atoms with E-state index in [1.54, 1.807) is 30.3 Å². The predicted molar refractivity (Wildman–Crippen MR) is 248 cm³/mol. The van der Waals surface area contributed by atoms with E-state index in [2.05, 4.69) is 15.2 Å². The van der Waals surface area contributed by atoms with E-state index in [-0.39, 0.29) is 58.5 Å². The number of fused-ring (bicyclic) bond motifs is 3. The van der Waals surface area contributed by atoms with Gasteiger partial charge < -0.3 is 29.4 Å². The molecule has 346 valence electrons. The van der Waals surface area contributed by atoms with Crippen LogP contribution in [0.4, 0.5) is 4.79 Å². The van der Waals surface area contributed by atoms with Gasteiger partial charge in [0.2, 0.25) is 10.0 Å². The number of halogens is 2. The van der Waals surface area contributed by atoms with E-state index in [0.29, 0.717) is 47.3 Å². The van der Waals surface area contributed by atoms with Gasteiger partial charge in [-0.3, -0.25) is 14.7 Å².